The number of aliphatic hydroxyl groups excluding tert-OH is 1. The van der Waals surface area contributed by atoms with Gasteiger partial charge in [-0.3, -0.25) is 4.79 Å². The fraction of sp³-hybridized carbons (Fsp3) is 0.200. The maximum Gasteiger partial charge on any atom is 0.334 e. The van der Waals surface area contributed by atoms with Gasteiger partial charge in [0.25, 0.3) is 5.91 Å². The molecule has 1 aromatic rings. The molecule has 0 aromatic heterocycles. The van der Waals surface area contributed by atoms with Crippen LogP contribution in [-0.2, 0) is 4.79 Å². The molecule has 0 unspecified atom stereocenters. The summed E-state index contributed by atoms with van der Waals surface area (Å²) < 4.78 is 0. The molecule has 0 spiro atoms. The molecule has 1 atom stereocenters. The molecule has 0 saturated carbocycles. The number of aliphatic hydroxyl groups is 1. The molecule has 0 radical (unpaired) electrons. The molecule has 1 amide bonds. The lowest BCUT2D eigenvalue weighted by atomic mass is 10.2. The Balaban J connectivity index is 2.53. The molecule has 5 nitrogen and oxygen atoms in total. The molecule has 6 heteroatoms. The predicted molar refractivity (Wildman–Crippen MR) is 57.4 cm³/mol. The Kier molecular flexibility index (Phi) is 4.28. The molecule has 0 aliphatic carbocycles. The summed E-state index contributed by atoms with van der Waals surface area (Å²) in [7, 11) is 0. The summed E-state index contributed by atoms with van der Waals surface area (Å²) in [6, 6.07) is 6.10. The van der Waals surface area contributed by atoms with E-state index in [1.807, 2.05) is 0 Å². The number of rotatable bonds is 4. The fourth-order valence-electron chi connectivity index (χ4n) is 0.980. The topological polar surface area (TPSA) is 86.6 Å². The number of nitrogens with one attached hydrogen (secondary N) is 1. The van der Waals surface area contributed by atoms with E-state index in [9.17, 15) is 9.59 Å². The first kappa shape index (κ1) is 12.5. The van der Waals surface area contributed by atoms with Gasteiger partial charge in [0.2, 0.25) is 0 Å². The molecule has 16 heavy (non-hydrogen) atoms. The van der Waals surface area contributed by atoms with Crippen LogP contribution in [0.15, 0.2) is 24.3 Å². The lowest BCUT2D eigenvalue weighted by molar-refractivity contribution is -0.146. The largest absolute Gasteiger partial charge is 0.479 e. The Labute approximate surface area is 96.7 Å². The van der Waals surface area contributed by atoms with Crippen molar-refractivity contribution in [1.29, 1.82) is 0 Å². The average Bonchev–Trinajstić information content (AvgIpc) is 2.26. The quantitative estimate of drug-likeness (QED) is 0.719. The van der Waals surface area contributed by atoms with Crippen molar-refractivity contribution in [3.05, 3.63) is 34.9 Å². The van der Waals surface area contributed by atoms with Crippen LogP contribution < -0.4 is 5.32 Å². The average molecular weight is 244 g/mol. The molecule has 0 bridgehead atoms. The van der Waals surface area contributed by atoms with Gasteiger partial charge in [0.15, 0.2) is 6.10 Å². The monoisotopic (exact) mass is 243 g/mol. The summed E-state index contributed by atoms with van der Waals surface area (Å²) in [6.07, 6.45) is -1.60. The molecular formula is C10H10ClNO4. The van der Waals surface area contributed by atoms with E-state index < -0.39 is 18.0 Å². The van der Waals surface area contributed by atoms with Crippen LogP contribution in [0.1, 0.15) is 10.4 Å². The Hall–Kier alpha value is -1.59. The molecule has 86 valence electrons. The van der Waals surface area contributed by atoms with Crippen LogP contribution in [0.3, 0.4) is 0 Å². The van der Waals surface area contributed by atoms with Gasteiger partial charge in [-0.2, -0.15) is 0 Å². The third-order valence-corrected chi connectivity index (χ3v) is 2.10. The van der Waals surface area contributed by atoms with E-state index in [0.29, 0.717) is 10.6 Å². The third kappa shape index (κ3) is 3.52. The summed E-state index contributed by atoms with van der Waals surface area (Å²) in [5.74, 6) is -1.84. The number of amides is 1. The van der Waals surface area contributed by atoms with E-state index in [1.165, 1.54) is 12.1 Å². The third-order valence-electron chi connectivity index (χ3n) is 1.85. The molecule has 0 saturated heterocycles. The Bertz CT molecular complexity index is 390. The van der Waals surface area contributed by atoms with E-state index in [-0.39, 0.29) is 6.54 Å². The standard InChI is InChI=1S/C10H10ClNO4/c11-7-3-1-6(2-4-7)9(14)12-5-8(13)10(15)16/h1-4,8,13H,5H2,(H,12,14)(H,15,16)/t8-/m0/s1. The molecule has 0 aliphatic rings. The lowest BCUT2D eigenvalue weighted by Gasteiger charge is -2.07. The highest BCUT2D eigenvalue weighted by atomic mass is 35.5. The Morgan fingerprint density at radius 1 is 1.31 bits per heavy atom. The molecule has 3 N–H and O–H groups in total. The van der Waals surface area contributed by atoms with Crippen molar-refractivity contribution in [3.63, 3.8) is 0 Å². The van der Waals surface area contributed by atoms with Gasteiger partial charge < -0.3 is 15.5 Å². The van der Waals surface area contributed by atoms with E-state index in [4.69, 9.17) is 21.8 Å². The van der Waals surface area contributed by atoms with Crippen LogP contribution >= 0.6 is 11.6 Å². The molecule has 0 aliphatic heterocycles. The Morgan fingerprint density at radius 3 is 2.38 bits per heavy atom. The van der Waals surface area contributed by atoms with Crippen molar-refractivity contribution in [1.82, 2.24) is 5.32 Å². The number of benzene rings is 1. The van der Waals surface area contributed by atoms with Crippen molar-refractivity contribution in [2.45, 2.75) is 6.10 Å². The van der Waals surface area contributed by atoms with Gasteiger partial charge in [-0.05, 0) is 24.3 Å². The normalized spacial score (nSPS) is 11.9. The van der Waals surface area contributed by atoms with Crippen molar-refractivity contribution in [2.24, 2.45) is 0 Å². The van der Waals surface area contributed by atoms with Gasteiger partial charge in [0.05, 0.1) is 6.54 Å². The highest BCUT2D eigenvalue weighted by Crippen LogP contribution is 2.09. The maximum atomic E-state index is 11.4. The number of carboxylic acid groups (broad SMARTS) is 1. The molecular weight excluding hydrogens is 234 g/mol. The van der Waals surface area contributed by atoms with Gasteiger partial charge >= 0.3 is 5.97 Å². The number of hydrogen-bond donors (Lipinski definition) is 3. The zero-order valence-electron chi connectivity index (χ0n) is 8.18. The number of carbonyl (C=O) groups is 2. The Morgan fingerprint density at radius 2 is 1.88 bits per heavy atom. The number of hydrogen-bond acceptors (Lipinski definition) is 3. The van der Waals surface area contributed by atoms with Gasteiger partial charge in [0, 0.05) is 10.6 Å². The van der Waals surface area contributed by atoms with E-state index in [0.717, 1.165) is 0 Å². The van der Waals surface area contributed by atoms with Gasteiger partial charge in [0.1, 0.15) is 0 Å². The summed E-state index contributed by atoms with van der Waals surface area (Å²) in [5.41, 5.74) is 0.349. The van der Waals surface area contributed by atoms with Gasteiger partial charge in [-0.25, -0.2) is 4.79 Å². The molecule has 0 heterocycles. The van der Waals surface area contributed by atoms with E-state index in [1.54, 1.807) is 12.1 Å². The summed E-state index contributed by atoms with van der Waals surface area (Å²) in [6.45, 7) is -0.337. The highest BCUT2D eigenvalue weighted by molar-refractivity contribution is 6.30. The number of aliphatic carboxylic acids is 1. The summed E-state index contributed by atoms with van der Waals surface area (Å²) in [5, 5.41) is 20.1. The molecule has 1 aromatic carbocycles. The van der Waals surface area contributed by atoms with E-state index in [2.05, 4.69) is 5.32 Å². The molecule has 0 fully saturated rings. The molecule has 1 rings (SSSR count). The van der Waals surface area contributed by atoms with Crippen molar-refractivity contribution in [3.8, 4) is 0 Å². The van der Waals surface area contributed by atoms with Crippen LogP contribution in [0.5, 0.6) is 0 Å². The summed E-state index contributed by atoms with van der Waals surface area (Å²) >= 11 is 5.64. The second kappa shape index (κ2) is 5.48. The maximum absolute atomic E-state index is 11.4. The highest BCUT2D eigenvalue weighted by Gasteiger charge is 2.14. The smallest absolute Gasteiger partial charge is 0.334 e. The van der Waals surface area contributed by atoms with E-state index >= 15 is 0 Å². The first-order chi connectivity index (χ1) is 7.50. The van der Waals surface area contributed by atoms with Gasteiger partial charge in [-0.1, -0.05) is 11.6 Å². The van der Waals surface area contributed by atoms with Gasteiger partial charge in [-0.15, -0.1) is 0 Å². The minimum absolute atomic E-state index is 0.337. The van der Waals surface area contributed by atoms with Crippen LogP contribution in [0.4, 0.5) is 0 Å². The number of carbonyl (C=O) groups excluding carboxylic acids is 1. The van der Waals surface area contributed by atoms with Crippen LogP contribution in [0.25, 0.3) is 0 Å². The van der Waals surface area contributed by atoms with Crippen LogP contribution in [0.2, 0.25) is 5.02 Å². The van der Waals surface area contributed by atoms with Crippen LogP contribution in [-0.4, -0.2) is 34.7 Å². The predicted octanol–water partition coefficient (Wildman–Crippen LogP) is 0.515. The lowest BCUT2D eigenvalue weighted by Crippen LogP contribution is -2.36. The SMILES string of the molecule is O=C(NC[C@H](O)C(=O)O)c1ccc(Cl)cc1. The number of carboxylic acids is 1. The zero-order valence-corrected chi connectivity index (χ0v) is 8.94. The second-order valence-electron chi connectivity index (χ2n) is 3.07. The van der Waals surface area contributed by atoms with Crippen molar-refractivity contribution >= 4 is 23.5 Å². The summed E-state index contributed by atoms with van der Waals surface area (Å²) in [4.78, 5) is 21.7. The van der Waals surface area contributed by atoms with Crippen molar-refractivity contribution in [2.75, 3.05) is 6.54 Å². The number of halogens is 1. The second-order valence-corrected chi connectivity index (χ2v) is 3.51. The fourth-order valence-corrected chi connectivity index (χ4v) is 1.11. The van der Waals surface area contributed by atoms with Crippen molar-refractivity contribution < 1.29 is 19.8 Å². The zero-order chi connectivity index (χ0) is 12.1. The first-order valence-electron chi connectivity index (χ1n) is 4.45. The minimum atomic E-state index is -1.60. The van der Waals surface area contributed by atoms with Crippen LogP contribution in [0, 0.1) is 0 Å². The minimum Gasteiger partial charge on any atom is -0.479 e. The first-order valence-corrected chi connectivity index (χ1v) is 4.83.